The van der Waals surface area contributed by atoms with E-state index in [1.54, 1.807) is 24.0 Å². The monoisotopic (exact) mass is 337 g/mol. The number of nitrogens with zero attached hydrogens (tertiary/aromatic N) is 1. The molecule has 0 fully saturated rings. The van der Waals surface area contributed by atoms with Crippen molar-refractivity contribution < 1.29 is 14.3 Å². The fraction of sp³-hybridized carbons (Fsp3) is 0.333. The summed E-state index contributed by atoms with van der Waals surface area (Å²) in [4.78, 5) is 26.9. The van der Waals surface area contributed by atoms with Crippen LogP contribution >= 0.6 is 0 Å². The smallest absolute Gasteiger partial charge is 0.338 e. The predicted octanol–water partition coefficient (Wildman–Crippen LogP) is 3.83. The van der Waals surface area contributed by atoms with E-state index in [1.165, 1.54) is 0 Å². The predicted molar refractivity (Wildman–Crippen MR) is 97.9 cm³/mol. The molecule has 2 aromatic carbocycles. The van der Waals surface area contributed by atoms with Crippen LogP contribution in [-0.4, -0.2) is 24.5 Å². The molecule has 0 aliphatic carbocycles. The Balaban J connectivity index is 1.73. The number of anilines is 1. The van der Waals surface area contributed by atoms with Crippen LogP contribution in [0.3, 0.4) is 0 Å². The molecule has 0 aromatic heterocycles. The maximum absolute atomic E-state index is 12.8. The molecule has 0 saturated heterocycles. The number of hydrogen-bond acceptors (Lipinski definition) is 3. The Morgan fingerprint density at radius 2 is 1.84 bits per heavy atom. The van der Waals surface area contributed by atoms with E-state index in [2.05, 4.69) is 0 Å². The van der Waals surface area contributed by atoms with E-state index >= 15 is 0 Å². The van der Waals surface area contributed by atoms with Gasteiger partial charge in [-0.2, -0.15) is 0 Å². The Labute approximate surface area is 148 Å². The van der Waals surface area contributed by atoms with Crippen molar-refractivity contribution in [3.8, 4) is 0 Å². The lowest BCUT2D eigenvalue weighted by Crippen LogP contribution is -2.42. The minimum Gasteiger partial charge on any atom is -0.449 e. The Hall–Kier alpha value is -2.62. The molecule has 0 radical (unpaired) electrons. The summed E-state index contributed by atoms with van der Waals surface area (Å²) >= 11 is 0. The molecule has 0 N–H and O–H groups in total. The molecule has 1 aliphatic rings. The molecular weight excluding hydrogens is 314 g/mol. The second kappa shape index (κ2) is 7.09. The van der Waals surface area contributed by atoms with Gasteiger partial charge in [0, 0.05) is 12.2 Å². The summed E-state index contributed by atoms with van der Waals surface area (Å²) in [7, 11) is 0. The SMILES string of the molecule is Cc1ccc(C(=O)O[C@H](C)C(=O)N2CCCc3ccccc32)cc1C. The second-order valence-electron chi connectivity index (χ2n) is 6.57. The van der Waals surface area contributed by atoms with Crippen LogP contribution in [-0.2, 0) is 16.0 Å². The van der Waals surface area contributed by atoms with E-state index < -0.39 is 12.1 Å². The average Bonchev–Trinajstić information content (AvgIpc) is 2.62. The highest BCUT2D eigenvalue weighted by Gasteiger charge is 2.28. The highest BCUT2D eigenvalue weighted by atomic mass is 16.5. The molecule has 4 heteroatoms. The van der Waals surface area contributed by atoms with Gasteiger partial charge >= 0.3 is 5.97 Å². The standard InChI is InChI=1S/C21H23NO3/c1-14-10-11-18(13-15(14)2)21(24)25-16(3)20(23)22-12-6-8-17-7-4-5-9-19(17)22/h4-5,7,9-11,13,16H,6,8,12H2,1-3H3/t16-/m1/s1. The summed E-state index contributed by atoms with van der Waals surface area (Å²) in [6.07, 6.45) is 1.07. The van der Waals surface area contributed by atoms with Gasteiger partial charge in [-0.05, 0) is 68.5 Å². The summed E-state index contributed by atoms with van der Waals surface area (Å²) in [6, 6.07) is 13.3. The average molecular weight is 337 g/mol. The summed E-state index contributed by atoms with van der Waals surface area (Å²) in [6.45, 7) is 6.23. The first-order valence-electron chi connectivity index (χ1n) is 8.65. The van der Waals surface area contributed by atoms with Gasteiger partial charge in [0.25, 0.3) is 5.91 Å². The van der Waals surface area contributed by atoms with Crippen LogP contribution in [0.1, 0.15) is 40.4 Å². The van der Waals surface area contributed by atoms with Gasteiger partial charge in [-0.25, -0.2) is 4.79 Å². The van der Waals surface area contributed by atoms with E-state index in [9.17, 15) is 9.59 Å². The molecule has 0 saturated carbocycles. The lowest BCUT2D eigenvalue weighted by molar-refractivity contribution is -0.126. The van der Waals surface area contributed by atoms with E-state index in [-0.39, 0.29) is 5.91 Å². The lowest BCUT2D eigenvalue weighted by Gasteiger charge is -2.31. The van der Waals surface area contributed by atoms with Crippen molar-refractivity contribution in [3.05, 3.63) is 64.7 Å². The number of ether oxygens (including phenoxy) is 1. The van der Waals surface area contributed by atoms with Gasteiger partial charge in [0.05, 0.1) is 5.56 Å². The number of aryl methyl sites for hydroxylation is 3. The Morgan fingerprint density at radius 3 is 2.60 bits per heavy atom. The lowest BCUT2D eigenvalue weighted by atomic mass is 10.0. The summed E-state index contributed by atoms with van der Waals surface area (Å²) in [5.41, 5.74) is 4.70. The topological polar surface area (TPSA) is 46.6 Å². The van der Waals surface area contributed by atoms with E-state index in [4.69, 9.17) is 4.74 Å². The van der Waals surface area contributed by atoms with Crippen molar-refractivity contribution >= 4 is 17.6 Å². The van der Waals surface area contributed by atoms with Gasteiger partial charge in [-0.3, -0.25) is 4.79 Å². The third-order valence-electron chi connectivity index (χ3n) is 4.75. The van der Waals surface area contributed by atoms with Crippen LogP contribution in [0.4, 0.5) is 5.69 Å². The molecule has 0 unspecified atom stereocenters. The molecule has 1 amide bonds. The third kappa shape index (κ3) is 3.58. The zero-order chi connectivity index (χ0) is 18.0. The second-order valence-corrected chi connectivity index (χ2v) is 6.57. The summed E-state index contributed by atoms with van der Waals surface area (Å²) < 4.78 is 5.43. The molecular formula is C21H23NO3. The maximum atomic E-state index is 12.8. The van der Waals surface area contributed by atoms with Crippen molar-refractivity contribution in [2.24, 2.45) is 0 Å². The zero-order valence-electron chi connectivity index (χ0n) is 14.9. The zero-order valence-corrected chi connectivity index (χ0v) is 14.9. The highest BCUT2D eigenvalue weighted by Crippen LogP contribution is 2.27. The molecule has 1 heterocycles. The number of fused-ring (bicyclic) bond motifs is 1. The Bertz CT molecular complexity index is 813. The number of carbonyl (C=O) groups excluding carboxylic acids is 2. The molecule has 1 aliphatic heterocycles. The highest BCUT2D eigenvalue weighted by molar-refractivity contribution is 5.99. The van der Waals surface area contributed by atoms with E-state index in [0.29, 0.717) is 12.1 Å². The largest absolute Gasteiger partial charge is 0.449 e. The number of hydrogen-bond donors (Lipinski definition) is 0. The minimum atomic E-state index is -0.819. The molecule has 25 heavy (non-hydrogen) atoms. The van der Waals surface area contributed by atoms with Crippen LogP contribution in [0.15, 0.2) is 42.5 Å². The first kappa shape index (κ1) is 17.2. The summed E-state index contributed by atoms with van der Waals surface area (Å²) in [5.74, 6) is -0.640. The quantitative estimate of drug-likeness (QED) is 0.800. The van der Waals surface area contributed by atoms with Gasteiger partial charge in [-0.15, -0.1) is 0 Å². The van der Waals surface area contributed by atoms with Crippen LogP contribution in [0.25, 0.3) is 0 Å². The van der Waals surface area contributed by atoms with E-state index in [1.807, 2.05) is 44.2 Å². The first-order chi connectivity index (χ1) is 12.0. The third-order valence-corrected chi connectivity index (χ3v) is 4.75. The van der Waals surface area contributed by atoms with Crippen LogP contribution in [0.5, 0.6) is 0 Å². The molecule has 4 nitrogen and oxygen atoms in total. The fourth-order valence-electron chi connectivity index (χ4n) is 3.13. The molecule has 1 atom stereocenters. The number of benzene rings is 2. The molecule has 0 bridgehead atoms. The van der Waals surface area contributed by atoms with Crippen LogP contribution in [0, 0.1) is 13.8 Å². The van der Waals surface area contributed by atoms with Gasteiger partial charge in [0.15, 0.2) is 6.10 Å². The number of amides is 1. The van der Waals surface area contributed by atoms with E-state index in [0.717, 1.165) is 35.2 Å². The van der Waals surface area contributed by atoms with Crippen LogP contribution in [0.2, 0.25) is 0 Å². The molecule has 2 aromatic rings. The van der Waals surface area contributed by atoms with Gasteiger partial charge in [-0.1, -0.05) is 24.3 Å². The van der Waals surface area contributed by atoms with Crippen molar-refractivity contribution in [2.75, 3.05) is 11.4 Å². The fourth-order valence-corrected chi connectivity index (χ4v) is 3.13. The van der Waals surface area contributed by atoms with Gasteiger partial charge in [0.1, 0.15) is 0 Å². The number of esters is 1. The molecule has 130 valence electrons. The van der Waals surface area contributed by atoms with Crippen LogP contribution < -0.4 is 4.90 Å². The number of para-hydroxylation sites is 1. The Kier molecular flexibility index (Phi) is 4.88. The van der Waals surface area contributed by atoms with Crippen molar-refractivity contribution in [3.63, 3.8) is 0 Å². The normalized spacial score (nSPS) is 14.6. The van der Waals surface area contributed by atoms with Crippen molar-refractivity contribution in [1.29, 1.82) is 0 Å². The molecule has 3 rings (SSSR count). The molecule has 0 spiro atoms. The van der Waals surface area contributed by atoms with Gasteiger partial charge in [0.2, 0.25) is 0 Å². The number of rotatable bonds is 3. The van der Waals surface area contributed by atoms with Gasteiger partial charge < -0.3 is 9.64 Å². The van der Waals surface area contributed by atoms with Crippen molar-refractivity contribution in [1.82, 2.24) is 0 Å². The maximum Gasteiger partial charge on any atom is 0.338 e. The first-order valence-corrected chi connectivity index (χ1v) is 8.65. The minimum absolute atomic E-state index is 0.177. The van der Waals surface area contributed by atoms with Crippen molar-refractivity contribution in [2.45, 2.75) is 39.7 Å². The number of carbonyl (C=O) groups is 2. The summed E-state index contributed by atoms with van der Waals surface area (Å²) in [5, 5.41) is 0. The Morgan fingerprint density at radius 1 is 1.08 bits per heavy atom.